The zero-order valence-electron chi connectivity index (χ0n) is 9.33. The minimum Gasteiger partial charge on any atom is -0.496 e. The lowest BCUT2D eigenvalue weighted by molar-refractivity contribution is 0.368. The first kappa shape index (κ1) is 16.5. The quantitative estimate of drug-likeness (QED) is 0.462. The third kappa shape index (κ3) is 6.29. The number of nitrogens with zero attached hydrogens (tertiary/aromatic N) is 2. The van der Waals surface area contributed by atoms with Crippen molar-refractivity contribution in [1.82, 2.24) is 0 Å². The molecule has 0 fully saturated rings. The van der Waals surface area contributed by atoms with E-state index in [1.54, 1.807) is 12.1 Å². The lowest BCUT2D eigenvalue weighted by Gasteiger charge is -2.02. The number of ether oxygens (including phenoxy) is 2. The molecule has 0 spiro atoms. The van der Waals surface area contributed by atoms with Gasteiger partial charge < -0.3 is 26.7 Å². The van der Waals surface area contributed by atoms with Gasteiger partial charge in [-0.3, -0.25) is 0 Å². The van der Waals surface area contributed by atoms with Gasteiger partial charge >= 0.3 is 12.9 Å². The summed E-state index contributed by atoms with van der Waals surface area (Å²) in [4.78, 5) is 3.08. The molecule has 0 aliphatic heterocycles. The molecule has 0 atom stereocenters. The number of hydrogen-bond acceptors (Lipinski definition) is 3. The molecule has 4 nitrogen and oxygen atoms in total. The van der Waals surface area contributed by atoms with E-state index in [0.717, 1.165) is 0 Å². The summed E-state index contributed by atoms with van der Waals surface area (Å²) >= 11 is 3.26. The Labute approximate surface area is 109 Å². The van der Waals surface area contributed by atoms with Crippen molar-refractivity contribution in [3.8, 4) is 11.5 Å². The second-order valence-electron chi connectivity index (χ2n) is 2.76. The molecule has 1 rings (SSSR count). The van der Waals surface area contributed by atoms with Crippen LogP contribution in [0, 0.1) is 5.39 Å². The molecular formula is C8H8BBrF4N2O2. The van der Waals surface area contributed by atoms with Crippen LogP contribution in [0.5, 0.6) is 11.5 Å². The van der Waals surface area contributed by atoms with Crippen LogP contribution in [0.3, 0.4) is 0 Å². The van der Waals surface area contributed by atoms with E-state index in [1.807, 2.05) is 0 Å². The van der Waals surface area contributed by atoms with Crippen LogP contribution in [-0.4, -0.2) is 21.5 Å². The fraction of sp³-hybridized carbons (Fsp3) is 0.250. The van der Waals surface area contributed by atoms with Gasteiger partial charge in [0.05, 0.1) is 24.8 Å². The van der Waals surface area contributed by atoms with Crippen LogP contribution < -0.4 is 9.47 Å². The maximum atomic E-state index is 9.75. The van der Waals surface area contributed by atoms with Crippen molar-refractivity contribution in [2.45, 2.75) is 0 Å². The van der Waals surface area contributed by atoms with Gasteiger partial charge in [0.15, 0.2) is 4.98 Å². The van der Waals surface area contributed by atoms with Crippen LogP contribution in [-0.2, 0) is 0 Å². The average molecular weight is 331 g/mol. The molecule has 0 heterocycles. The van der Waals surface area contributed by atoms with Gasteiger partial charge in [-0.2, -0.15) is 0 Å². The Balaban J connectivity index is 0.000000494. The number of benzene rings is 1. The van der Waals surface area contributed by atoms with Crippen molar-refractivity contribution in [3.63, 3.8) is 0 Å². The zero-order valence-corrected chi connectivity index (χ0v) is 10.9. The molecule has 0 saturated heterocycles. The molecule has 0 bridgehead atoms. The van der Waals surface area contributed by atoms with E-state index in [1.165, 1.54) is 14.2 Å². The van der Waals surface area contributed by atoms with E-state index >= 15 is 0 Å². The molecule has 0 unspecified atom stereocenters. The highest BCUT2D eigenvalue weighted by Crippen LogP contribution is 2.38. The first-order valence-electron chi connectivity index (χ1n) is 4.36. The summed E-state index contributed by atoms with van der Waals surface area (Å²) in [5.41, 5.74) is 0.328. The third-order valence-electron chi connectivity index (χ3n) is 1.55. The molecule has 10 heteroatoms. The van der Waals surface area contributed by atoms with E-state index in [-0.39, 0.29) is 0 Å². The van der Waals surface area contributed by atoms with E-state index in [0.29, 0.717) is 21.7 Å². The largest absolute Gasteiger partial charge is 0.673 e. The van der Waals surface area contributed by atoms with Crippen LogP contribution in [0.15, 0.2) is 16.6 Å². The number of hydrogen-bond donors (Lipinski definition) is 0. The normalized spacial score (nSPS) is 9.89. The van der Waals surface area contributed by atoms with Crippen LogP contribution >= 0.6 is 15.9 Å². The van der Waals surface area contributed by atoms with Crippen molar-refractivity contribution in [1.29, 1.82) is 5.39 Å². The fourth-order valence-corrected chi connectivity index (χ4v) is 1.54. The first-order chi connectivity index (χ1) is 8.22. The zero-order chi connectivity index (χ0) is 14.3. The van der Waals surface area contributed by atoms with E-state index in [9.17, 15) is 17.3 Å². The summed E-state index contributed by atoms with van der Waals surface area (Å²) in [5.74, 6) is 1.07. The lowest BCUT2D eigenvalue weighted by atomic mass is 10.3. The molecule has 1 aromatic carbocycles. The van der Waals surface area contributed by atoms with Gasteiger partial charge in [0.1, 0.15) is 5.75 Å². The van der Waals surface area contributed by atoms with Crippen molar-refractivity contribution in [3.05, 3.63) is 21.6 Å². The summed E-state index contributed by atoms with van der Waals surface area (Å²) < 4.78 is 49.7. The summed E-state index contributed by atoms with van der Waals surface area (Å²) in [6, 6.07) is 3.30. The maximum Gasteiger partial charge on any atom is 0.673 e. The molecule has 1 aromatic rings. The number of halogens is 5. The van der Waals surface area contributed by atoms with Gasteiger partial charge in [0.25, 0.3) is 0 Å². The van der Waals surface area contributed by atoms with Crippen molar-refractivity contribution in [2.75, 3.05) is 14.2 Å². The Morgan fingerprint density at radius 2 is 1.67 bits per heavy atom. The summed E-state index contributed by atoms with van der Waals surface area (Å²) in [6.45, 7) is 0. The second kappa shape index (κ2) is 7.05. The molecule has 0 aromatic heterocycles. The predicted octanol–water partition coefficient (Wildman–Crippen LogP) is 4.25. The lowest BCUT2D eigenvalue weighted by Crippen LogP contribution is -2.02. The first-order valence-corrected chi connectivity index (χ1v) is 5.16. The molecular weight excluding hydrogens is 323 g/mol. The summed E-state index contributed by atoms with van der Waals surface area (Å²) in [7, 11) is -2.96. The minimum absolute atomic E-state index is 0.328. The Kier molecular flexibility index (Phi) is 6.47. The standard InChI is InChI=1S/C8H8BrN2O2.BF4/c1-12-5-3-6(9)8(13-2)7(4-5)11-10;2-1(3,4)5/h3-4H,1-2H3;/q+1;-1. The predicted molar refractivity (Wildman–Crippen MR) is 62.2 cm³/mol. The number of rotatable bonds is 2. The van der Waals surface area contributed by atoms with Crippen molar-refractivity contribution >= 4 is 28.9 Å². The fourth-order valence-electron chi connectivity index (χ4n) is 0.949. The molecule has 0 N–H and O–H groups in total. The highest BCUT2D eigenvalue weighted by atomic mass is 79.9. The monoisotopic (exact) mass is 330 g/mol. The van der Waals surface area contributed by atoms with Gasteiger partial charge in [-0.05, 0) is 22.0 Å². The Morgan fingerprint density at radius 1 is 1.17 bits per heavy atom. The molecule has 0 radical (unpaired) electrons. The van der Waals surface area contributed by atoms with Gasteiger partial charge in [0.2, 0.25) is 11.1 Å². The van der Waals surface area contributed by atoms with Gasteiger partial charge in [-0.15, -0.1) is 0 Å². The Bertz CT molecular complexity index is 444. The molecule has 100 valence electrons. The van der Waals surface area contributed by atoms with Crippen LogP contribution in [0.25, 0.3) is 4.98 Å². The summed E-state index contributed by atoms with van der Waals surface area (Å²) in [6.07, 6.45) is 0. The highest BCUT2D eigenvalue weighted by molar-refractivity contribution is 9.10. The average Bonchev–Trinajstić information content (AvgIpc) is 2.25. The highest BCUT2D eigenvalue weighted by Gasteiger charge is 2.21. The molecule has 0 aliphatic carbocycles. The maximum absolute atomic E-state index is 9.75. The smallest absolute Gasteiger partial charge is 0.496 e. The van der Waals surface area contributed by atoms with Gasteiger partial charge in [-0.1, -0.05) is 0 Å². The molecule has 0 amide bonds. The number of diazo groups is 1. The Morgan fingerprint density at radius 3 is 2.00 bits per heavy atom. The van der Waals surface area contributed by atoms with Gasteiger partial charge in [-0.25, -0.2) is 0 Å². The van der Waals surface area contributed by atoms with E-state index in [4.69, 9.17) is 14.9 Å². The third-order valence-corrected chi connectivity index (χ3v) is 2.13. The minimum atomic E-state index is -6.00. The van der Waals surface area contributed by atoms with Crippen LogP contribution in [0.1, 0.15) is 0 Å². The van der Waals surface area contributed by atoms with Crippen LogP contribution in [0.2, 0.25) is 0 Å². The SMILES string of the molecule is COc1cc(Br)c(OC)c([N+]#N)c1.F[B-](F)(F)F. The Hall–Kier alpha value is -1.50. The second-order valence-corrected chi connectivity index (χ2v) is 3.61. The molecule has 0 saturated carbocycles. The van der Waals surface area contributed by atoms with Crippen molar-refractivity contribution < 1.29 is 26.7 Å². The van der Waals surface area contributed by atoms with E-state index < -0.39 is 7.25 Å². The molecule has 0 aliphatic rings. The topological polar surface area (TPSA) is 46.6 Å². The summed E-state index contributed by atoms with van der Waals surface area (Å²) in [5, 5.41) is 8.66. The van der Waals surface area contributed by atoms with Gasteiger partial charge in [0, 0.05) is 0 Å². The number of methoxy groups -OCH3 is 2. The van der Waals surface area contributed by atoms with Crippen LogP contribution in [0.4, 0.5) is 23.0 Å². The van der Waals surface area contributed by atoms with Crippen molar-refractivity contribution in [2.24, 2.45) is 0 Å². The van der Waals surface area contributed by atoms with E-state index in [2.05, 4.69) is 20.9 Å². The molecule has 18 heavy (non-hydrogen) atoms.